The van der Waals surface area contributed by atoms with Gasteiger partial charge in [0.15, 0.2) is 5.84 Å². The molecule has 0 amide bonds. The molecule has 0 spiro atoms. The maximum atomic E-state index is 5.37. The van der Waals surface area contributed by atoms with Crippen LogP contribution in [0.25, 0.3) is 0 Å². The van der Waals surface area contributed by atoms with E-state index in [2.05, 4.69) is 22.3 Å². The van der Waals surface area contributed by atoms with Crippen LogP contribution in [0.15, 0.2) is 10.5 Å². The Kier molecular flexibility index (Phi) is 3.85. The molecule has 3 N–H and O–H groups in total. The first-order chi connectivity index (χ1) is 6.29. The fraction of sp³-hybridized carbons (Fsp3) is 0.500. The van der Waals surface area contributed by atoms with Crippen molar-refractivity contribution in [3.63, 3.8) is 0 Å². The van der Waals surface area contributed by atoms with Crippen molar-refractivity contribution >= 4 is 17.2 Å². The van der Waals surface area contributed by atoms with E-state index in [4.69, 9.17) is 5.84 Å². The van der Waals surface area contributed by atoms with Gasteiger partial charge in [0.1, 0.15) is 0 Å². The van der Waals surface area contributed by atoms with Crippen molar-refractivity contribution < 1.29 is 0 Å². The predicted octanol–water partition coefficient (Wildman–Crippen LogP) is 1.07. The molecule has 0 radical (unpaired) electrons. The van der Waals surface area contributed by atoms with Gasteiger partial charge in [0.05, 0.1) is 16.1 Å². The molecule has 0 atom stereocenters. The van der Waals surface area contributed by atoms with Gasteiger partial charge >= 0.3 is 0 Å². The first-order valence-corrected chi connectivity index (χ1v) is 5.09. The summed E-state index contributed by atoms with van der Waals surface area (Å²) in [4.78, 5) is 9.47. The zero-order chi connectivity index (χ0) is 9.68. The highest BCUT2D eigenvalue weighted by Gasteiger charge is 2.07. The van der Waals surface area contributed by atoms with E-state index in [0.29, 0.717) is 0 Å². The third kappa shape index (κ3) is 2.50. The molecular formula is C8H14N4S. The summed E-state index contributed by atoms with van der Waals surface area (Å²) in [6, 6.07) is 0. The molecule has 0 aliphatic rings. The SMILES string of the molecule is CCCN=C(NN)c1scnc1C. The molecule has 5 heteroatoms. The standard InChI is InChI=1S/C8H14N4S/c1-3-4-10-8(12-9)7-6(2)11-5-13-7/h5H,3-4,9H2,1-2H3,(H,10,12). The van der Waals surface area contributed by atoms with Crippen LogP contribution in [0.3, 0.4) is 0 Å². The van der Waals surface area contributed by atoms with Crippen molar-refractivity contribution in [2.75, 3.05) is 6.54 Å². The third-order valence-corrected chi connectivity index (χ3v) is 2.53. The highest BCUT2D eigenvalue weighted by atomic mass is 32.1. The largest absolute Gasteiger partial charge is 0.308 e. The highest BCUT2D eigenvalue weighted by molar-refractivity contribution is 7.12. The quantitative estimate of drug-likeness (QED) is 0.330. The van der Waals surface area contributed by atoms with E-state index in [-0.39, 0.29) is 0 Å². The summed E-state index contributed by atoms with van der Waals surface area (Å²) < 4.78 is 0. The van der Waals surface area contributed by atoms with Gasteiger partial charge in [0, 0.05) is 6.54 Å². The Morgan fingerprint density at radius 3 is 3.00 bits per heavy atom. The number of rotatable bonds is 3. The molecule has 0 unspecified atom stereocenters. The molecule has 0 bridgehead atoms. The molecule has 0 aliphatic carbocycles. The van der Waals surface area contributed by atoms with E-state index in [9.17, 15) is 0 Å². The van der Waals surface area contributed by atoms with E-state index in [1.165, 1.54) is 0 Å². The Morgan fingerprint density at radius 2 is 2.54 bits per heavy atom. The van der Waals surface area contributed by atoms with Crippen LogP contribution in [0.4, 0.5) is 0 Å². The van der Waals surface area contributed by atoms with Crippen LogP contribution in [0.1, 0.15) is 23.9 Å². The number of hydrogen-bond donors (Lipinski definition) is 2. The van der Waals surface area contributed by atoms with Crippen LogP contribution < -0.4 is 11.3 Å². The summed E-state index contributed by atoms with van der Waals surface area (Å²) in [7, 11) is 0. The average molecular weight is 198 g/mol. The van der Waals surface area contributed by atoms with Crippen LogP contribution in [0.5, 0.6) is 0 Å². The van der Waals surface area contributed by atoms with Crippen molar-refractivity contribution in [2.45, 2.75) is 20.3 Å². The van der Waals surface area contributed by atoms with E-state index >= 15 is 0 Å². The minimum absolute atomic E-state index is 0.738. The Morgan fingerprint density at radius 1 is 1.77 bits per heavy atom. The lowest BCUT2D eigenvalue weighted by molar-refractivity contribution is 0.908. The molecule has 0 aromatic carbocycles. The Bertz CT molecular complexity index is 292. The van der Waals surface area contributed by atoms with Crippen LogP contribution in [0.2, 0.25) is 0 Å². The minimum Gasteiger partial charge on any atom is -0.308 e. The molecule has 72 valence electrons. The van der Waals surface area contributed by atoms with Crippen molar-refractivity contribution in [3.05, 3.63) is 16.1 Å². The van der Waals surface area contributed by atoms with E-state index < -0.39 is 0 Å². The second-order valence-corrected chi connectivity index (χ2v) is 3.50. The lowest BCUT2D eigenvalue weighted by Gasteiger charge is -2.02. The van der Waals surface area contributed by atoms with Crippen molar-refractivity contribution in [2.24, 2.45) is 10.8 Å². The summed E-state index contributed by atoms with van der Waals surface area (Å²) in [5.41, 5.74) is 5.37. The number of nitrogens with zero attached hydrogens (tertiary/aromatic N) is 2. The number of nitrogens with two attached hydrogens (primary N) is 1. The number of aromatic nitrogens is 1. The highest BCUT2D eigenvalue weighted by Crippen LogP contribution is 2.11. The lowest BCUT2D eigenvalue weighted by atomic mass is 10.3. The number of nitrogens with one attached hydrogen (secondary N) is 1. The van der Waals surface area contributed by atoms with Crippen LogP contribution >= 0.6 is 11.3 Å². The molecule has 1 aromatic heterocycles. The molecule has 0 saturated carbocycles. The van der Waals surface area contributed by atoms with Gasteiger partial charge in [0.2, 0.25) is 0 Å². The van der Waals surface area contributed by atoms with Crippen molar-refractivity contribution in [1.29, 1.82) is 0 Å². The van der Waals surface area contributed by atoms with Crippen LogP contribution in [-0.2, 0) is 0 Å². The third-order valence-electron chi connectivity index (χ3n) is 1.59. The van der Waals surface area contributed by atoms with Gasteiger partial charge in [0.25, 0.3) is 0 Å². The molecule has 0 saturated heterocycles. The fourth-order valence-corrected chi connectivity index (χ4v) is 1.71. The average Bonchev–Trinajstić information content (AvgIpc) is 2.54. The van der Waals surface area contributed by atoms with E-state index in [1.54, 1.807) is 16.8 Å². The fourth-order valence-electron chi connectivity index (χ4n) is 0.936. The van der Waals surface area contributed by atoms with Gasteiger partial charge in [-0.25, -0.2) is 10.8 Å². The number of amidine groups is 1. The van der Waals surface area contributed by atoms with Crippen molar-refractivity contribution in [1.82, 2.24) is 10.4 Å². The van der Waals surface area contributed by atoms with Gasteiger partial charge in [-0.2, -0.15) is 0 Å². The summed E-state index contributed by atoms with van der Waals surface area (Å²) in [6.45, 7) is 4.82. The first-order valence-electron chi connectivity index (χ1n) is 4.21. The number of hydrazine groups is 1. The normalized spacial score (nSPS) is 11.8. The van der Waals surface area contributed by atoms with Crippen LogP contribution in [-0.4, -0.2) is 17.4 Å². The molecule has 13 heavy (non-hydrogen) atoms. The first kappa shape index (κ1) is 10.1. The molecule has 4 nitrogen and oxygen atoms in total. The summed E-state index contributed by atoms with van der Waals surface area (Å²) >= 11 is 1.55. The number of aryl methyl sites for hydroxylation is 1. The Hall–Kier alpha value is -0.940. The summed E-state index contributed by atoms with van der Waals surface area (Å²) in [5, 5.41) is 0. The van der Waals surface area contributed by atoms with E-state index in [1.807, 2.05) is 6.92 Å². The molecule has 1 rings (SSSR count). The Labute approximate surface area is 81.9 Å². The molecule has 0 aliphatic heterocycles. The van der Waals surface area contributed by atoms with E-state index in [0.717, 1.165) is 29.4 Å². The predicted molar refractivity (Wildman–Crippen MR) is 55.9 cm³/mol. The number of hydrogen-bond acceptors (Lipinski definition) is 4. The number of aliphatic imine (C=N–C) groups is 1. The maximum Gasteiger partial charge on any atom is 0.154 e. The van der Waals surface area contributed by atoms with Gasteiger partial charge in [-0.3, -0.25) is 4.99 Å². The second-order valence-electron chi connectivity index (χ2n) is 2.64. The smallest absolute Gasteiger partial charge is 0.154 e. The topological polar surface area (TPSA) is 63.3 Å². The van der Waals surface area contributed by atoms with Gasteiger partial charge in [-0.15, -0.1) is 11.3 Å². The van der Waals surface area contributed by atoms with Crippen LogP contribution in [0, 0.1) is 6.92 Å². The van der Waals surface area contributed by atoms with Crippen molar-refractivity contribution in [3.8, 4) is 0 Å². The number of thiazole rings is 1. The zero-order valence-electron chi connectivity index (χ0n) is 7.87. The summed E-state index contributed by atoms with van der Waals surface area (Å²) in [6.07, 6.45) is 1.02. The minimum atomic E-state index is 0.738. The maximum absolute atomic E-state index is 5.37. The molecule has 0 fully saturated rings. The molecule has 1 aromatic rings. The zero-order valence-corrected chi connectivity index (χ0v) is 8.69. The molecule has 1 heterocycles. The lowest BCUT2D eigenvalue weighted by Crippen LogP contribution is -2.31. The second kappa shape index (κ2) is 4.94. The van der Waals surface area contributed by atoms with Gasteiger partial charge < -0.3 is 5.43 Å². The van der Waals surface area contributed by atoms with Gasteiger partial charge in [-0.05, 0) is 13.3 Å². The molecular weight excluding hydrogens is 184 g/mol. The van der Waals surface area contributed by atoms with Gasteiger partial charge in [-0.1, -0.05) is 6.92 Å². The monoisotopic (exact) mass is 198 g/mol. The summed E-state index contributed by atoms with van der Waals surface area (Å²) in [5.74, 6) is 6.11. The Balaban J connectivity index is 2.84.